The number of nitrogens with zero attached hydrogens (tertiary/aromatic N) is 2. The van der Waals surface area contributed by atoms with Crippen LogP contribution in [0.15, 0.2) is 121 Å². The summed E-state index contributed by atoms with van der Waals surface area (Å²) in [6, 6.07) is 46.3. The normalized spacial score (nSPS) is 13.3. The molecular weight excluding hydrogens is 579 g/mol. The number of hydrogen-bond donors (Lipinski definition) is 0. The van der Waals surface area contributed by atoms with Crippen molar-refractivity contribution in [2.45, 2.75) is 59.3 Å². The van der Waals surface area contributed by atoms with Crippen LogP contribution in [0.4, 0.5) is 0 Å². The molecule has 234 valence electrons. The van der Waals surface area contributed by atoms with Gasteiger partial charge in [0.15, 0.2) is 0 Å². The van der Waals surface area contributed by atoms with Crippen molar-refractivity contribution in [1.82, 2.24) is 9.13 Å². The Morgan fingerprint density at radius 3 is 1.71 bits per heavy atom. The fourth-order valence-corrected chi connectivity index (χ4v) is 8.21. The van der Waals surface area contributed by atoms with Gasteiger partial charge in [0.2, 0.25) is 6.71 Å². The van der Waals surface area contributed by atoms with Gasteiger partial charge in [0.1, 0.15) is 0 Å². The maximum Gasteiger partial charge on any atom is 0.246 e. The Labute approximate surface area is 283 Å². The number of benzene rings is 6. The lowest BCUT2D eigenvalue weighted by atomic mass is 9.35. The van der Waals surface area contributed by atoms with E-state index in [-0.39, 0.29) is 17.5 Å². The SMILES string of the molecule is Cc1ccc(B2c3ccccc3-n3c4ccccc4c4c(-n5c6ccc(C(C)(C)C)cc6c6cc(C(C)(C)C)ccc65)ccc2c43)cc1. The highest BCUT2D eigenvalue weighted by atomic mass is 15.0. The van der Waals surface area contributed by atoms with Crippen LogP contribution in [0.25, 0.3) is 55.0 Å². The third-order valence-corrected chi connectivity index (χ3v) is 10.8. The maximum absolute atomic E-state index is 2.54. The van der Waals surface area contributed by atoms with Gasteiger partial charge in [-0.3, -0.25) is 0 Å². The van der Waals surface area contributed by atoms with Gasteiger partial charge >= 0.3 is 0 Å². The molecule has 0 aliphatic carbocycles. The summed E-state index contributed by atoms with van der Waals surface area (Å²) in [5.41, 5.74) is 15.7. The molecule has 0 saturated carbocycles. The van der Waals surface area contributed by atoms with Crippen LogP contribution in [0.2, 0.25) is 0 Å². The van der Waals surface area contributed by atoms with Gasteiger partial charge in [-0.2, -0.15) is 0 Å². The predicted octanol–water partition coefficient (Wildman–Crippen LogP) is 9.61. The maximum atomic E-state index is 2.54. The predicted molar refractivity (Wildman–Crippen MR) is 208 cm³/mol. The molecule has 0 amide bonds. The summed E-state index contributed by atoms with van der Waals surface area (Å²) < 4.78 is 5.08. The first-order valence-electron chi connectivity index (χ1n) is 17.3. The topological polar surface area (TPSA) is 9.86 Å². The van der Waals surface area contributed by atoms with E-state index >= 15 is 0 Å². The molecule has 2 nitrogen and oxygen atoms in total. The summed E-state index contributed by atoms with van der Waals surface area (Å²) in [6.07, 6.45) is 0. The molecular formula is C45H41BN2. The highest BCUT2D eigenvalue weighted by Gasteiger charge is 2.34. The van der Waals surface area contributed by atoms with Crippen molar-refractivity contribution < 1.29 is 0 Å². The zero-order valence-corrected chi connectivity index (χ0v) is 29.0. The van der Waals surface area contributed by atoms with E-state index in [0.29, 0.717) is 0 Å². The number of aryl methyl sites for hydroxylation is 1. The molecule has 0 atom stereocenters. The van der Waals surface area contributed by atoms with Crippen molar-refractivity contribution in [3.63, 3.8) is 0 Å². The minimum atomic E-state index is 0.0575. The van der Waals surface area contributed by atoms with Gasteiger partial charge in [-0.25, -0.2) is 0 Å². The van der Waals surface area contributed by atoms with E-state index in [2.05, 4.69) is 179 Å². The van der Waals surface area contributed by atoms with Crippen molar-refractivity contribution in [1.29, 1.82) is 0 Å². The molecule has 48 heavy (non-hydrogen) atoms. The average molecular weight is 621 g/mol. The first kappa shape index (κ1) is 29.1. The van der Waals surface area contributed by atoms with Gasteiger partial charge < -0.3 is 9.13 Å². The fourth-order valence-electron chi connectivity index (χ4n) is 8.21. The molecule has 0 bridgehead atoms. The molecule has 3 heteroatoms. The molecule has 2 aromatic heterocycles. The first-order chi connectivity index (χ1) is 23.0. The summed E-state index contributed by atoms with van der Waals surface area (Å²) in [5.74, 6) is 0. The zero-order chi connectivity index (χ0) is 33.1. The van der Waals surface area contributed by atoms with Crippen LogP contribution < -0.4 is 16.4 Å². The van der Waals surface area contributed by atoms with Gasteiger partial charge in [0.25, 0.3) is 0 Å². The van der Waals surface area contributed by atoms with Crippen LogP contribution in [0.5, 0.6) is 0 Å². The van der Waals surface area contributed by atoms with Crippen molar-refractivity contribution in [2.24, 2.45) is 0 Å². The minimum absolute atomic E-state index is 0.0575. The van der Waals surface area contributed by atoms with E-state index in [1.54, 1.807) is 0 Å². The van der Waals surface area contributed by atoms with Crippen molar-refractivity contribution >= 4 is 66.7 Å². The summed E-state index contributed by atoms with van der Waals surface area (Å²) in [4.78, 5) is 0. The molecule has 1 aliphatic rings. The largest absolute Gasteiger partial charge is 0.310 e. The second kappa shape index (κ2) is 10.00. The molecule has 8 aromatic rings. The fraction of sp³-hybridized carbons (Fsp3) is 0.200. The second-order valence-electron chi connectivity index (χ2n) is 16.0. The molecule has 0 unspecified atom stereocenters. The van der Waals surface area contributed by atoms with Crippen LogP contribution >= 0.6 is 0 Å². The van der Waals surface area contributed by atoms with Crippen LogP contribution in [-0.2, 0) is 10.8 Å². The third-order valence-electron chi connectivity index (χ3n) is 10.8. The zero-order valence-electron chi connectivity index (χ0n) is 29.0. The van der Waals surface area contributed by atoms with Crippen LogP contribution in [0.1, 0.15) is 58.2 Å². The molecule has 0 spiro atoms. The molecule has 0 N–H and O–H groups in total. The average Bonchev–Trinajstić information content (AvgIpc) is 3.59. The molecule has 0 radical (unpaired) electrons. The monoisotopic (exact) mass is 620 g/mol. The van der Waals surface area contributed by atoms with E-state index in [1.165, 1.54) is 88.1 Å². The molecule has 6 aromatic carbocycles. The van der Waals surface area contributed by atoms with E-state index in [0.717, 1.165) is 0 Å². The summed E-state index contributed by atoms with van der Waals surface area (Å²) in [7, 11) is 0. The molecule has 0 fully saturated rings. The van der Waals surface area contributed by atoms with Crippen molar-refractivity contribution in [2.75, 3.05) is 0 Å². The summed E-state index contributed by atoms with van der Waals surface area (Å²) >= 11 is 0. The lowest BCUT2D eigenvalue weighted by Gasteiger charge is -2.27. The lowest BCUT2D eigenvalue weighted by Crippen LogP contribution is -2.55. The Bertz CT molecular complexity index is 2510. The van der Waals surface area contributed by atoms with E-state index in [1.807, 2.05) is 0 Å². The minimum Gasteiger partial charge on any atom is -0.310 e. The molecule has 3 heterocycles. The Balaban J connectivity index is 1.44. The third kappa shape index (κ3) is 4.13. The highest BCUT2D eigenvalue weighted by molar-refractivity contribution is 6.98. The van der Waals surface area contributed by atoms with Crippen molar-refractivity contribution in [3.05, 3.63) is 138 Å². The van der Waals surface area contributed by atoms with Crippen LogP contribution in [0, 0.1) is 6.92 Å². The van der Waals surface area contributed by atoms with Crippen LogP contribution in [-0.4, -0.2) is 15.8 Å². The van der Waals surface area contributed by atoms with E-state index in [9.17, 15) is 0 Å². The number of hydrogen-bond acceptors (Lipinski definition) is 0. The molecule has 0 saturated heterocycles. The quantitative estimate of drug-likeness (QED) is 0.170. The molecule has 1 aliphatic heterocycles. The lowest BCUT2D eigenvalue weighted by molar-refractivity contribution is 0.590. The Morgan fingerprint density at radius 1 is 0.479 bits per heavy atom. The van der Waals surface area contributed by atoms with Gasteiger partial charge in [0, 0.05) is 27.2 Å². The Morgan fingerprint density at radius 2 is 1.06 bits per heavy atom. The summed E-state index contributed by atoms with van der Waals surface area (Å²) in [5, 5.41) is 5.24. The number of aromatic nitrogens is 2. The Kier molecular flexibility index (Phi) is 6.07. The highest BCUT2D eigenvalue weighted by Crippen LogP contribution is 2.42. The van der Waals surface area contributed by atoms with Gasteiger partial charge in [-0.05, 0) is 82.3 Å². The molecule has 9 rings (SSSR count). The van der Waals surface area contributed by atoms with E-state index in [4.69, 9.17) is 0 Å². The number of rotatable bonds is 2. The first-order valence-corrected chi connectivity index (χ1v) is 17.3. The number of fused-ring (bicyclic) bond motifs is 8. The van der Waals surface area contributed by atoms with Gasteiger partial charge in [0.05, 0.1) is 27.8 Å². The second-order valence-corrected chi connectivity index (χ2v) is 16.0. The van der Waals surface area contributed by atoms with Crippen LogP contribution in [0.3, 0.4) is 0 Å². The van der Waals surface area contributed by atoms with Gasteiger partial charge in [-0.1, -0.05) is 131 Å². The standard InChI is InChI=1S/C45H41BN2/c1-28-16-20-31(21-17-28)46-35-13-9-11-15-40(35)48-37-14-10-8-12-32(37)42-41(25-22-36(46)43(42)48)47-38-23-18-29(44(2,3)4)26-33(38)34-27-30(45(5,6)7)19-24-39(34)47/h8-27H,1-7H3. The van der Waals surface area contributed by atoms with E-state index < -0.39 is 0 Å². The number of para-hydroxylation sites is 2. The Hall–Kier alpha value is -5.02. The smallest absolute Gasteiger partial charge is 0.246 e. The van der Waals surface area contributed by atoms with Crippen molar-refractivity contribution in [3.8, 4) is 11.4 Å². The summed E-state index contributed by atoms with van der Waals surface area (Å²) in [6.45, 7) is 16.2. The van der Waals surface area contributed by atoms with Gasteiger partial charge in [-0.15, -0.1) is 0 Å².